The summed E-state index contributed by atoms with van der Waals surface area (Å²) < 4.78 is 77.4. The van der Waals surface area contributed by atoms with Gasteiger partial charge in [-0.3, -0.25) is 0 Å². The maximum Gasteiger partial charge on any atom is 0.499 e. The van der Waals surface area contributed by atoms with Crippen LogP contribution in [0.25, 0.3) is 0 Å². The Morgan fingerprint density at radius 3 is 2.00 bits per heavy atom. The maximum absolute atomic E-state index is 12.9. The van der Waals surface area contributed by atoms with Crippen LogP contribution in [0.3, 0.4) is 0 Å². The third-order valence-electron chi connectivity index (χ3n) is 2.77. The molecule has 1 rings (SSSR count). The normalized spacial score (nSPS) is 13.3. The minimum absolute atomic E-state index is 0.326. The summed E-state index contributed by atoms with van der Waals surface area (Å²) in [6.45, 7) is 5.81. The number of ether oxygens (including phenoxy) is 1. The van der Waals surface area contributed by atoms with Gasteiger partial charge in [-0.15, -0.1) is 0 Å². The van der Waals surface area contributed by atoms with Crippen LogP contribution in [-0.2, 0) is 8.85 Å². The standard InChI is InChI=1S/C13H17F5O3Si/c1-4-19-22(3,20-5-2)11-8-6-7-10(9-11)21-13(17,18)12(14,15)16/h6-9H,4-5H2,1-3H3. The van der Waals surface area contributed by atoms with Gasteiger partial charge in [0.2, 0.25) is 0 Å². The minimum Gasteiger partial charge on any atom is -0.426 e. The molecule has 0 saturated heterocycles. The lowest BCUT2D eigenvalue weighted by atomic mass is 10.3. The van der Waals surface area contributed by atoms with E-state index in [0.29, 0.717) is 18.4 Å². The summed E-state index contributed by atoms with van der Waals surface area (Å²) in [6.07, 6.45) is -11.1. The second-order valence-electron chi connectivity index (χ2n) is 4.46. The molecule has 0 aliphatic heterocycles. The average molecular weight is 344 g/mol. The van der Waals surface area contributed by atoms with E-state index in [2.05, 4.69) is 4.74 Å². The molecule has 1 aromatic carbocycles. The van der Waals surface area contributed by atoms with E-state index < -0.39 is 26.6 Å². The van der Waals surface area contributed by atoms with Crippen molar-refractivity contribution in [3.05, 3.63) is 24.3 Å². The van der Waals surface area contributed by atoms with Gasteiger partial charge in [-0.05, 0) is 37.7 Å². The SMILES string of the molecule is CCO[Si](C)(OCC)c1cccc(OC(F)(F)C(F)(F)F)c1. The highest BCUT2D eigenvalue weighted by Gasteiger charge is 2.61. The van der Waals surface area contributed by atoms with Crippen molar-refractivity contribution >= 4 is 13.7 Å². The minimum atomic E-state index is -5.79. The van der Waals surface area contributed by atoms with Crippen molar-refractivity contribution < 1.29 is 35.5 Å². The molecule has 9 heteroatoms. The molecule has 0 N–H and O–H groups in total. The number of hydrogen-bond acceptors (Lipinski definition) is 3. The predicted octanol–water partition coefficient (Wildman–Crippen LogP) is 3.57. The molecule has 1 aromatic rings. The first-order valence-corrected chi connectivity index (χ1v) is 8.89. The van der Waals surface area contributed by atoms with Crippen LogP contribution in [0, 0.1) is 0 Å². The first kappa shape index (κ1) is 18.9. The molecule has 0 fully saturated rings. The molecule has 0 aliphatic carbocycles. The molecule has 3 nitrogen and oxygen atoms in total. The lowest BCUT2D eigenvalue weighted by Gasteiger charge is -2.27. The van der Waals surface area contributed by atoms with Gasteiger partial charge in [0.1, 0.15) is 5.75 Å². The van der Waals surface area contributed by atoms with Crippen LogP contribution in [0.2, 0.25) is 6.55 Å². The first-order valence-electron chi connectivity index (χ1n) is 6.57. The zero-order valence-electron chi connectivity index (χ0n) is 12.3. The molecule has 0 amide bonds. The molecule has 0 spiro atoms. The van der Waals surface area contributed by atoms with Crippen LogP contribution in [0.4, 0.5) is 22.0 Å². The Balaban J connectivity index is 3.08. The number of halogens is 5. The molecule has 22 heavy (non-hydrogen) atoms. The summed E-state index contributed by atoms with van der Waals surface area (Å²) in [5.74, 6) is -0.599. The molecule has 0 unspecified atom stereocenters. The second kappa shape index (κ2) is 6.92. The third-order valence-corrected chi connectivity index (χ3v) is 5.81. The van der Waals surface area contributed by atoms with Crippen LogP contribution in [0.1, 0.15) is 13.8 Å². The third kappa shape index (κ3) is 4.40. The monoisotopic (exact) mass is 344 g/mol. The Hall–Kier alpha value is -1.19. The van der Waals surface area contributed by atoms with Gasteiger partial charge in [-0.1, -0.05) is 12.1 Å². The summed E-state index contributed by atoms with van der Waals surface area (Å²) in [7, 11) is -2.88. The Bertz CT molecular complexity index is 487. The van der Waals surface area contributed by atoms with Crippen molar-refractivity contribution in [1.29, 1.82) is 0 Å². The fraction of sp³-hybridized carbons (Fsp3) is 0.538. The van der Waals surface area contributed by atoms with E-state index in [1.165, 1.54) is 6.07 Å². The zero-order chi connectivity index (χ0) is 17.0. The Morgan fingerprint density at radius 2 is 1.55 bits per heavy atom. The number of benzene rings is 1. The molecule has 0 heterocycles. The van der Waals surface area contributed by atoms with Gasteiger partial charge in [0.15, 0.2) is 0 Å². The van der Waals surface area contributed by atoms with E-state index >= 15 is 0 Å². The lowest BCUT2D eigenvalue weighted by Crippen LogP contribution is -2.51. The van der Waals surface area contributed by atoms with Gasteiger partial charge >= 0.3 is 20.8 Å². The average Bonchev–Trinajstić information content (AvgIpc) is 2.37. The molecule has 0 aromatic heterocycles. The molecule has 0 atom stereocenters. The van der Waals surface area contributed by atoms with Gasteiger partial charge in [0.25, 0.3) is 0 Å². The number of hydrogen-bond donors (Lipinski definition) is 0. The van der Waals surface area contributed by atoms with Gasteiger partial charge in [0, 0.05) is 13.2 Å². The van der Waals surface area contributed by atoms with Crippen LogP contribution in [-0.4, -0.2) is 34.1 Å². The second-order valence-corrected chi connectivity index (χ2v) is 7.50. The van der Waals surface area contributed by atoms with Crippen molar-refractivity contribution in [3.8, 4) is 5.75 Å². The molecule has 0 bridgehead atoms. The summed E-state index contributed by atoms with van der Waals surface area (Å²) in [4.78, 5) is 0. The van der Waals surface area contributed by atoms with Gasteiger partial charge < -0.3 is 13.6 Å². The van der Waals surface area contributed by atoms with Crippen molar-refractivity contribution in [2.75, 3.05) is 13.2 Å². The van der Waals surface area contributed by atoms with E-state index in [-0.39, 0.29) is 0 Å². The molecule has 126 valence electrons. The first-order chi connectivity index (χ1) is 10.1. The Labute approximate surface area is 126 Å². The summed E-state index contributed by atoms with van der Waals surface area (Å²) in [6, 6.07) is 4.99. The fourth-order valence-corrected chi connectivity index (χ4v) is 4.13. The fourth-order valence-electron chi connectivity index (χ4n) is 1.81. The van der Waals surface area contributed by atoms with Crippen LogP contribution < -0.4 is 9.92 Å². The van der Waals surface area contributed by atoms with Crippen LogP contribution in [0.15, 0.2) is 24.3 Å². The van der Waals surface area contributed by atoms with Crippen molar-refractivity contribution in [1.82, 2.24) is 0 Å². The van der Waals surface area contributed by atoms with Crippen molar-refractivity contribution in [3.63, 3.8) is 0 Å². The van der Waals surface area contributed by atoms with Crippen LogP contribution >= 0.6 is 0 Å². The molecule has 0 saturated carbocycles. The highest BCUT2D eigenvalue weighted by molar-refractivity contribution is 6.80. The van der Waals surface area contributed by atoms with E-state index in [1.54, 1.807) is 26.5 Å². The molecular formula is C13H17F5O3Si. The largest absolute Gasteiger partial charge is 0.499 e. The molecule has 0 radical (unpaired) electrons. The highest BCUT2D eigenvalue weighted by Crippen LogP contribution is 2.37. The van der Waals surface area contributed by atoms with Gasteiger partial charge in [0.05, 0.1) is 0 Å². The van der Waals surface area contributed by atoms with E-state index in [1.807, 2.05) is 0 Å². The molecular weight excluding hydrogens is 327 g/mol. The van der Waals surface area contributed by atoms with Crippen molar-refractivity contribution in [2.45, 2.75) is 32.7 Å². The highest BCUT2D eigenvalue weighted by atomic mass is 28.4. The number of rotatable bonds is 7. The smallest absolute Gasteiger partial charge is 0.426 e. The van der Waals surface area contributed by atoms with Gasteiger partial charge in [-0.25, -0.2) is 0 Å². The van der Waals surface area contributed by atoms with Gasteiger partial charge in [-0.2, -0.15) is 22.0 Å². The van der Waals surface area contributed by atoms with Crippen LogP contribution in [0.5, 0.6) is 5.75 Å². The summed E-state index contributed by atoms with van der Waals surface area (Å²) in [5.41, 5.74) is 0. The Kier molecular flexibility index (Phi) is 5.93. The summed E-state index contributed by atoms with van der Waals surface area (Å²) >= 11 is 0. The zero-order valence-corrected chi connectivity index (χ0v) is 13.3. The van der Waals surface area contributed by atoms with Crippen molar-refractivity contribution in [2.24, 2.45) is 0 Å². The van der Waals surface area contributed by atoms with E-state index in [9.17, 15) is 22.0 Å². The number of alkyl halides is 5. The predicted molar refractivity (Wildman–Crippen MR) is 72.6 cm³/mol. The van der Waals surface area contributed by atoms with E-state index in [0.717, 1.165) is 12.1 Å². The lowest BCUT2D eigenvalue weighted by molar-refractivity contribution is -0.360. The topological polar surface area (TPSA) is 27.7 Å². The summed E-state index contributed by atoms with van der Waals surface area (Å²) in [5, 5.41) is 0.409. The quantitative estimate of drug-likeness (QED) is 0.559. The maximum atomic E-state index is 12.9. The Morgan fingerprint density at radius 1 is 1.00 bits per heavy atom. The van der Waals surface area contributed by atoms with E-state index in [4.69, 9.17) is 8.85 Å². The molecule has 0 aliphatic rings.